The van der Waals surface area contributed by atoms with Crippen LogP contribution in [0.3, 0.4) is 0 Å². The van der Waals surface area contributed by atoms with Gasteiger partial charge in [-0.05, 0) is 25.0 Å². The molecule has 0 bridgehead atoms. The number of benzene rings is 1. The Morgan fingerprint density at radius 2 is 1.85 bits per heavy atom. The number of carbonyl (C=O) groups is 3. The summed E-state index contributed by atoms with van der Waals surface area (Å²) >= 11 is 0. The van der Waals surface area contributed by atoms with Crippen LogP contribution in [0.15, 0.2) is 18.2 Å². The second-order valence-electron chi connectivity index (χ2n) is 6.02. The Kier molecular flexibility index (Phi) is 8.21. The van der Waals surface area contributed by atoms with Gasteiger partial charge in [0.2, 0.25) is 0 Å². The molecule has 3 amide bonds. The van der Waals surface area contributed by atoms with Gasteiger partial charge in [-0.2, -0.15) is 0 Å². The van der Waals surface area contributed by atoms with Gasteiger partial charge in [-0.25, -0.2) is 4.79 Å². The average Bonchev–Trinajstić information content (AvgIpc) is 2.87. The van der Waals surface area contributed by atoms with Crippen LogP contribution in [0, 0.1) is 0 Å². The third-order valence-corrected chi connectivity index (χ3v) is 3.75. The molecule has 1 aromatic carbocycles. The van der Waals surface area contributed by atoms with Gasteiger partial charge in [0.05, 0.1) is 13.2 Å². The van der Waals surface area contributed by atoms with E-state index in [-0.39, 0.29) is 13.0 Å². The highest BCUT2D eigenvalue weighted by Crippen LogP contribution is 2.32. The van der Waals surface area contributed by atoms with Crippen molar-refractivity contribution < 1.29 is 28.6 Å². The molecule has 0 aromatic heterocycles. The normalized spacial score (nSPS) is 12.6. The van der Waals surface area contributed by atoms with Crippen molar-refractivity contribution in [1.29, 1.82) is 0 Å². The molecule has 4 N–H and O–H groups in total. The molecule has 0 radical (unpaired) electrons. The van der Waals surface area contributed by atoms with E-state index in [0.717, 1.165) is 19.3 Å². The summed E-state index contributed by atoms with van der Waals surface area (Å²) in [6, 6.07) is 4.55. The van der Waals surface area contributed by atoms with Crippen LogP contribution >= 0.6 is 0 Å². The largest absolute Gasteiger partial charge is 0.490 e. The second-order valence-corrected chi connectivity index (χ2v) is 6.02. The van der Waals surface area contributed by atoms with Gasteiger partial charge in [0.1, 0.15) is 0 Å². The Balaban J connectivity index is 1.63. The van der Waals surface area contributed by atoms with Crippen LogP contribution in [-0.2, 0) is 14.3 Å². The van der Waals surface area contributed by atoms with E-state index in [1.54, 1.807) is 18.2 Å². The molecule has 1 aliphatic heterocycles. The number of ether oxygens (including phenoxy) is 3. The molecule has 27 heavy (non-hydrogen) atoms. The maximum atomic E-state index is 11.9. The number of urea groups is 1. The minimum absolute atomic E-state index is 0.216. The molecule has 1 aliphatic rings. The third-order valence-electron chi connectivity index (χ3n) is 3.75. The number of rotatable bonds is 9. The number of esters is 1. The molecule has 9 heteroatoms. The van der Waals surface area contributed by atoms with Crippen molar-refractivity contribution >= 4 is 23.6 Å². The van der Waals surface area contributed by atoms with Crippen molar-refractivity contribution in [2.75, 3.05) is 31.7 Å². The Morgan fingerprint density at radius 1 is 1.07 bits per heavy atom. The maximum absolute atomic E-state index is 11.9. The molecule has 1 aromatic rings. The summed E-state index contributed by atoms with van der Waals surface area (Å²) in [6.45, 7) is 1.27. The first-order valence-corrected chi connectivity index (χ1v) is 8.93. The van der Waals surface area contributed by atoms with Crippen molar-refractivity contribution in [3.8, 4) is 11.5 Å². The molecule has 0 spiro atoms. The standard InChI is InChI=1S/C18H25N3O6/c19-18(24)20-8-3-1-2-5-17(23)27-12-16(22)21-13-6-7-14-15(11-13)26-10-4-9-25-14/h6-7,11H,1-5,8-10,12H2,(H,21,22)(H3,19,20,24). The lowest BCUT2D eigenvalue weighted by Gasteiger charge is -2.10. The highest BCUT2D eigenvalue weighted by molar-refractivity contribution is 5.93. The fraction of sp³-hybridized carbons (Fsp3) is 0.500. The molecule has 0 saturated carbocycles. The van der Waals surface area contributed by atoms with Gasteiger partial charge in [0.15, 0.2) is 18.1 Å². The molecule has 1 heterocycles. The summed E-state index contributed by atoms with van der Waals surface area (Å²) in [5, 5.41) is 5.13. The Labute approximate surface area is 157 Å². The van der Waals surface area contributed by atoms with Crippen LogP contribution in [0.4, 0.5) is 10.5 Å². The SMILES string of the molecule is NC(=O)NCCCCCC(=O)OCC(=O)Nc1ccc2c(c1)OCCCO2. The molecule has 0 aliphatic carbocycles. The first kappa shape index (κ1) is 20.3. The molecule has 0 fully saturated rings. The van der Waals surface area contributed by atoms with Gasteiger partial charge >= 0.3 is 12.0 Å². The molecule has 9 nitrogen and oxygen atoms in total. The third kappa shape index (κ3) is 7.85. The van der Waals surface area contributed by atoms with Gasteiger partial charge in [0, 0.05) is 31.1 Å². The van der Waals surface area contributed by atoms with E-state index in [0.29, 0.717) is 43.4 Å². The molecular weight excluding hydrogens is 354 g/mol. The van der Waals surface area contributed by atoms with E-state index in [9.17, 15) is 14.4 Å². The summed E-state index contributed by atoms with van der Waals surface area (Å²) in [5.41, 5.74) is 5.49. The first-order chi connectivity index (χ1) is 13.0. The zero-order chi connectivity index (χ0) is 19.5. The summed E-state index contributed by atoms with van der Waals surface area (Å²) in [4.78, 5) is 34.1. The molecular formula is C18H25N3O6. The van der Waals surface area contributed by atoms with Gasteiger partial charge < -0.3 is 30.6 Å². The zero-order valence-electron chi connectivity index (χ0n) is 15.1. The lowest BCUT2D eigenvalue weighted by atomic mass is 10.2. The minimum atomic E-state index is -0.561. The van der Waals surface area contributed by atoms with Crippen molar-refractivity contribution in [3.05, 3.63) is 18.2 Å². The van der Waals surface area contributed by atoms with Crippen molar-refractivity contribution in [2.24, 2.45) is 5.73 Å². The molecule has 0 unspecified atom stereocenters. The Morgan fingerprint density at radius 3 is 2.63 bits per heavy atom. The highest BCUT2D eigenvalue weighted by atomic mass is 16.5. The van der Waals surface area contributed by atoms with Gasteiger partial charge in [-0.1, -0.05) is 6.42 Å². The molecule has 0 atom stereocenters. The highest BCUT2D eigenvalue weighted by Gasteiger charge is 2.13. The van der Waals surface area contributed by atoms with Crippen LogP contribution in [-0.4, -0.2) is 44.3 Å². The quantitative estimate of drug-likeness (QED) is 0.441. The molecule has 148 valence electrons. The average molecular weight is 379 g/mol. The fourth-order valence-corrected chi connectivity index (χ4v) is 2.44. The van der Waals surface area contributed by atoms with Crippen LogP contribution in [0.2, 0.25) is 0 Å². The Bertz CT molecular complexity index is 664. The van der Waals surface area contributed by atoms with Crippen LogP contribution in [0.5, 0.6) is 11.5 Å². The minimum Gasteiger partial charge on any atom is -0.490 e. The summed E-state index contributed by atoms with van der Waals surface area (Å²) < 4.78 is 16.0. The smallest absolute Gasteiger partial charge is 0.312 e. The number of carbonyl (C=O) groups excluding carboxylic acids is 3. The van der Waals surface area contributed by atoms with E-state index < -0.39 is 17.9 Å². The lowest BCUT2D eigenvalue weighted by Crippen LogP contribution is -2.29. The van der Waals surface area contributed by atoms with Crippen LogP contribution in [0.25, 0.3) is 0 Å². The maximum Gasteiger partial charge on any atom is 0.312 e. The second kappa shape index (κ2) is 10.9. The Hall–Kier alpha value is -2.97. The topological polar surface area (TPSA) is 129 Å². The van der Waals surface area contributed by atoms with Crippen molar-refractivity contribution in [2.45, 2.75) is 32.1 Å². The van der Waals surface area contributed by atoms with E-state index >= 15 is 0 Å². The van der Waals surface area contributed by atoms with E-state index in [4.69, 9.17) is 19.9 Å². The zero-order valence-corrected chi connectivity index (χ0v) is 15.1. The number of unbranched alkanes of at least 4 members (excludes halogenated alkanes) is 2. The number of fused-ring (bicyclic) bond motifs is 1. The predicted octanol–water partition coefficient (Wildman–Crippen LogP) is 1.56. The monoisotopic (exact) mass is 379 g/mol. The molecule has 0 saturated heterocycles. The van der Waals surface area contributed by atoms with Crippen molar-refractivity contribution in [3.63, 3.8) is 0 Å². The first-order valence-electron chi connectivity index (χ1n) is 8.93. The van der Waals surface area contributed by atoms with Gasteiger partial charge in [0.25, 0.3) is 5.91 Å². The van der Waals surface area contributed by atoms with Gasteiger partial charge in [-0.3, -0.25) is 9.59 Å². The number of nitrogens with two attached hydrogens (primary N) is 1. The van der Waals surface area contributed by atoms with Gasteiger partial charge in [-0.15, -0.1) is 0 Å². The lowest BCUT2D eigenvalue weighted by molar-refractivity contribution is -0.147. The summed E-state index contributed by atoms with van der Waals surface area (Å²) in [7, 11) is 0. The molecule has 2 rings (SSSR count). The number of primary amides is 1. The number of nitrogens with one attached hydrogen (secondary N) is 2. The van der Waals surface area contributed by atoms with Crippen LogP contribution < -0.4 is 25.8 Å². The van der Waals surface area contributed by atoms with Crippen LogP contribution in [0.1, 0.15) is 32.1 Å². The van der Waals surface area contributed by atoms with E-state index in [1.807, 2.05) is 0 Å². The number of anilines is 1. The summed E-state index contributed by atoms with van der Waals surface area (Å²) in [6.07, 6.45) is 3.10. The number of hydrogen-bond donors (Lipinski definition) is 3. The predicted molar refractivity (Wildman–Crippen MR) is 97.7 cm³/mol. The number of hydrogen-bond acceptors (Lipinski definition) is 6. The fourth-order valence-electron chi connectivity index (χ4n) is 2.44. The summed E-state index contributed by atoms with van der Waals surface area (Å²) in [5.74, 6) is 0.353. The van der Waals surface area contributed by atoms with E-state index in [2.05, 4.69) is 10.6 Å². The number of amides is 3. The van der Waals surface area contributed by atoms with Crippen molar-refractivity contribution in [1.82, 2.24) is 5.32 Å². The van der Waals surface area contributed by atoms with E-state index in [1.165, 1.54) is 0 Å².